The van der Waals surface area contributed by atoms with Gasteiger partial charge in [-0.15, -0.1) is 0 Å². The Balaban J connectivity index is 1.78. The highest BCUT2D eigenvalue weighted by Gasteiger charge is 2.19. The summed E-state index contributed by atoms with van der Waals surface area (Å²) in [5.41, 5.74) is 1.89. The molecule has 0 bridgehead atoms. The normalized spacial score (nSPS) is 10.5. The standard InChI is InChI=1S/C23H21BrFNO3/c1-26(14-17-10-6-7-11-20(17)25)23(27)18-12-19(24)22(21(13-18)28-2)29-15-16-8-4-3-5-9-16/h3-13H,14-15H2,1-2H3. The fraction of sp³-hybridized carbons (Fsp3) is 0.174. The third kappa shape index (κ3) is 5.15. The summed E-state index contributed by atoms with van der Waals surface area (Å²) in [5.74, 6) is 0.375. The summed E-state index contributed by atoms with van der Waals surface area (Å²) in [6, 6.07) is 19.5. The summed E-state index contributed by atoms with van der Waals surface area (Å²) < 4.78 is 25.8. The minimum absolute atomic E-state index is 0.164. The van der Waals surface area contributed by atoms with E-state index in [1.807, 2.05) is 30.3 Å². The lowest BCUT2D eigenvalue weighted by Crippen LogP contribution is -2.26. The van der Waals surface area contributed by atoms with Gasteiger partial charge in [0.25, 0.3) is 5.91 Å². The van der Waals surface area contributed by atoms with Crippen LogP contribution in [0.25, 0.3) is 0 Å². The van der Waals surface area contributed by atoms with Crippen molar-refractivity contribution in [1.29, 1.82) is 0 Å². The zero-order valence-electron chi connectivity index (χ0n) is 16.2. The molecule has 4 nitrogen and oxygen atoms in total. The Morgan fingerprint density at radius 3 is 2.45 bits per heavy atom. The lowest BCUT2D eigenvalue weighted by atomic mass is 10.1. The number of hydrogen-bond acceptors (Lipinski definition) is 3. The Kier molecular flexibility index (Phi) is 6.88. The van der Waals surface area contributed by atoms with Crippen LogP contribution in [-0.2, 0) is 13.2 Å². The first-order valence-corrected chi connectivity index (χ1v) is 9.82. The van der Waals surface area contributed by atoms with Crippen LogP contribution in [0.4, 0.5) is 4.39 Å². The molecule has 0 radical (unpaired) electrons. The third-order valence-corrected chi connectivity index (χ3v) is 5.00. The molecule has 0 aromatic heterocycles. The number of hydrogen-bond donors (Lipinski definition) is 0. The van der Waals surface area contributed by atoms with E-state index in [4.69, 9.17) is 9.47 Å². The number of halogens is 2. The molecule has 150 valence electrons. The Bertz CT molecular complexity index is 995. The molecule has 0 saturated heterocycles. The molecule has 29 heavy (non-hydrogen) atoms. The van der Waals surface area contributed by atoms with Crippen molar-refractivity contribution < 1.29 is 18.7 Å². The molecule has 6 heteroatoms. The zero-order valence-corrected chi connectivity index (χ0v) is 17.8. The summed E-state index contributed by atoms with van der Waals surface area (Å²) in [7, 11) is 3.16. The first-order valence-electron chi connectivity index (χ1n) is 9.02. The van der Waals surface area contributed by atoms with Crippen molar-refractivity contribution in [3.05, 3.63) is 93.7 Å². The van der Waals surface area contributed by atoms with Gasteiger partial charge in [0.2, 0.25) is 0 Å². The first kappa shape index (κ1) is 20.9. The second-order valence-corrected chi connectivity index (χ2v) is 7.37. The van der Waals surface area contributed by atoms with E-state index in [9.17, 15) is 9.18 Å². The Morgan fingerprint density at radius 1 is 1.07 bits per heavy atom. The molecule has 3 aromatic rings. The second-order valence-electron chi connectivity index (χ2n) is 6.52. The Labute approximate surface area is 178 Å². The van der Waals surface area contributed by atoms with Crippen LogP contribution in [-0.4, -0.2) is 25.0 Å². The van der Waals surface area contributed by atoms with E-state index in [0.717, 1.165) is 5.56 Å². The van der Waals surface area contributed by atoms with Gasteiger partial charge in [-0.25, -0.2) is 4.39 Å². The zero-order chi connectivity index (χ0) is 20.8. The van der Waals surface area contributed by atoms with Crippen LogP contribution >= 0.6 is 15.9 Å². The molecule has 0 spiro atoms. The van der Waals surface area contributed by atoms with E-state index in [1.54, 1.807) is 37.4 Å². The second kappa shape index (κ2) is 9.56. The van der Waals surface area contributed by atoms with Gasteiger partial charge in [0, 0.05) is 24.7 Å². The lowest BCUT2D eigenvalue weighted by Gasteiger charge is -2.19. The van der Waals surface area contributed by atoms with Gasteiger partial charge in [-0.1, -0.05) is 48.5 Å². The van der Waals surface area contributed by atoms with Crippen molar-refractivity contribution in [2.75, 3.05) is 14.2 Å². The van der Waals surface area contributed by atoms with Crippen LogP contribution in [0.1, 0.15) is 21.5 Å². The predicted molar refractivity (Wildman–Crippen MR) is 114 cm³/mol. The SMILES string of the molecule is COc1cc(C(=O)N(C)Cc2ccccc2F)cc(Br)c1OCc1ccccc1. The van der Waals surface area contributed by atoms with Gasteiger partial charge in [0.05, 0.1) is 11.6 Å². The Hall–Kier alpha value is -2.86. The number of carbonyl (C=O) groups excluding carboxylic acids is 1. The van der Waals surface area contributed by atoms with Gasteiger partial charge in [-0.2, -0.15) is 0 Å². The topological polar surface area (TPSA) is 38.8 Å². The molecule has 0 fully saturated rings. The van der Waals surface area contributed by atoms with Crippen molar-refractivity contribution in [1.82, 2.24) is 4.90 Å². The number of carbonyl (C=O) groups is 1. The van der Waals surface area contributed by atoms with Crippen molar-refractivity contribution in [3.8, 4) is 11.5 Å². The van der Waals surface area contributed by atoms with E-state index in [1.165, 1.54) is 18.1 Å². The molecule has 0 N–H and O–H groups in total. The average molecular weight is 458 g/mol. The largest absolute Gasteiger partial charge is 0.493 e. The van der Waals surface area contributed by atoms with Crippen molar-refractivity contribution in [3.63, 3.8) is 0 Å². The fourth-order valence-electron chi connectivity index (χ4n) is 2.89. The smallest absolute Gasteiger partial charge is 0.254 e. The maximum atomic E-state index is 13.9. The minimum atomic E-state index is -0.337. The molecule has 0 saturated carbocycles. The molecule has 3 aromatic carbocycles. The van der Waals surface area contributed by atoms with Gasteiger partial charge in [0.1, 0.15) is 12.4 Å². The van der Waals surface area contributed by atoms with E-state index in [2.05, 4.69) is 15.9 Å². The lowest BCUT2D eigenvalue weighted by molar-refractivity contribution is 0.0783. The molecule has 0 heterocycles. The number of ether oxygens (including phenoxy) is 2. The van der Waals surface area contributed by atoms with Gasteiger partial charge >= 0.3 is 0 Å². The van der Waals surface area contributed by atoms with Crippen LogP contribution in [0.15, 0.2) is 71.2 Å². The van der Waals surface area contributed by atoms with E-state index < -0.39 is 0 Å². The number of amides is 1. The number of methoxy groups -OCH3 is 1. The van der Waals surface area contributed by atoms with Crippen LogP contribution in [0, 0.1) is 5.82 Å². The molecule has 0 aliphatic heterocycles. The molecule has 0 unspecified atom stereocenters. The summed E-state index contributed by atoms with van der Waals surface area (Å²) in [4.78, 5) is 14.3. The molecule has 0 atom stereocenters. The van der Waals surface area contributed by atoms with Gasteiger partial charge in [0.15, 0.2) is 11.5 Å². The van der Waals surface area contributed by atoms with Crippen molar-refractivity contribution >= 4 is 21.8 Å². The molecule has 0 aliphatic rings. The molecular formula is C23H21BrFNO3. The van der Waals surface area contributed by atoms with Crippen LogP contribution in [0.2, 0.25) is 0 Å². The maximum absolute atomic E-state index is 13.9. The summed E-state index contributed by atoms with van der Waals surface area (Å²) >= 11 is 3.47. The Morgan fingerprint density at radius 2 is 1.76 bits per heavy atom. The van der Waals surface area contributed by atoms with E-state index >= 15 is 0 Å². The maximum Gasteiger partial charge on any atom is 0.254 e. The highest BCUT2D eigenvalue weighted by Crippen LogP contribution is 2.37. The van der Waals surface area contributed by atoms with Crippen molar-refractivity contribution in [2.24, 2.45) is 0 Å². The van der Waals surface area contributed by atoms with E-state index in [0.29, 0.717) is 33.7 Å². The summed E-state index contributed by atoms with van der Waals surface area (Å²) in [5, 5.41) is 0. The van der Waals surface area contributed by atoms with Gasteiger partial charge < -0.3 is 14.4 Å². The number of benzene rings is 3. The van der Waals surface area contributed by atoms with Gasteiger partial charge in [-0.05, 0) is 39.7 Å². The number of nitrogens with zero attached hydrogens (tertiary/aromatic N) is 1. The quantitative estimate of drug-likeness (QED) is 0.473. The molecule has 0 aliphatic carbocycles. The highest BCUT2D eigenvalue weighted by atomic mass is 79.9. The number of rotatable bonds is 7. The predicted octanol–water partition coefficient (Wildman–Crippen LogP) is 5.45. The fourth-order valence-corrected chi connectivity index (χ4v) is 3.44. The average Bonchev–Trinajstić information content (AvgIpc) is 2.74. The van der Waals surface area contributed by atoms with Crippen LogP contribution in [0.3, 0.4) is 0 Å². The van der Waals surface area contributed by atoms with Crippen LogP contribution in [0.5, 0.6) is 11.5 Å². The van der Waals surface area contributed by atoms with Gasteiger partial charge in [-0.3, -0.25) is 4.79 Å². The van der Waals surface area contributed by atoms with Crippen molar-refractivity contribution in [2.45, 2.75) is 13.2 Å². The summed E-state index contributed by atoms with van der Waals surface area (Å²) in [6.45, 7) is 0.536. The minimum Gasteiger partial charge on any atom is -0.493 e. The highest BCUT2D eigenvalue weighted by molar-refractivity contribution is 9.10. The van der Waals surface area contributed by atoms with E-state index in [-0.39, 0.29) is 18.3 Å². The summed E-state index contributed by atoms with van der Waals surface area (Å²) in [6.07, 6.45) is 0. The monoisotopic (exact) mass is 457 g/mol. The van der Waals surface area contributed by atoms with Crippen LogP contribution < -0.4 is 9.47 Å². The molecule has 3 rings (SSSR count). The molecular weight excluding hydrogens is 437 g/mol. The third-order valence-electron chi connectivity index (χ3n) is 4.41. The molecule has 1 amide bonds. The first-order chi connectivity index (χ1) is 14.0.